The molecule has 2 heteroatoms. The zero-order valence-electron chi connectivity index (χ0n) is 12.6. The van der Waals surface area contributed by atoms with Gasteiger partial charge in [-0.3, -0.25) is 0 Å². The first-order chi connectivity index (χ1) is 9.83. The van der Waals surface area contributed by atoms with Crippen LogP contribution in [0.15, 0.2) is 24.8 Å². The molecule has 108 valence electrons. The standard InChI is InChI=1S/C18H26AsN/c1-3-10-19(11-4-2)15-7-5-14-6-8-18-16(9-12-20-18)17(14)13-15/h3,6,8,15,20H,1,4-5,7,9-13H2,2H3. The SMILES string of the molecule is C=CC[As](CCC)C1CCc2ccc3c(c2C1)CCN3. The summed E-state index contributed by atoms with van der Waals surface area (Å²) in [4.78, 5) is 0. The van der Waals surface area contributed by atoms with Crippen LogP contribution >= 0.6 is 0 Å². The van der Waals surface area contributed by atoms with Gasteiger partial charge < -0.3 is 0 Å². The van der Waals surface area contributed by atoms with Gasteiger partial charge in [0.25, 0.3) is 0 Å². The molecule has 3 rings (SSSR count). The van der Waals surface area contributed by atoms with Crippen molar-refractivity contribution in [3.63, 3.8) is 0 Å². The Labute approximate surface area is 128 Å². The van der Waals surface area contributed by atoms with Crippen molar-refractivity contribution < 1.29 is 0 Å². The Bertz CT molecular complexity index is 494. The summed E-state index contributed by atoms with van der Waals surface area (Å²) in [6.45, 7) is 7.50. The first-order valence-electron chi connectivity index (χ1n) is 8.06. The van der Waals surface area contributed by atoms with E-state index in [0.29, 0.717) is 0 Å². The van der Waals surface area contributed by atoms with Crippen LogP contribution in [0, 0.1) is 0 Å². The molecule has 20 heavy (non-hydrogen) atoms. The minimum absolute atomic E-state index is 0.714. The summed E-state index contributed by atoms with van der Waals surface area (Å²) in [5.74, 6) is 0. The zero-order valence-corrected chi connectivity index (χ0v) is 14.5. The fraction of sp³-hybridized carbons (Fsp3) is 0.556. The maximum absolute atomic E-state index is 4.01. The first kappa shape index (κ1) is 14.3. The normalized spacial score (nSPS) is 21.8. The Morgan fingerprint density at radius 1 is 1.35 bits per heavy atom. The Hall–Kier alpha value is -0.682. The first-order valence-corrected chi connectivity index (χ1v) is 11.8. The van der Waals surface area contributed by atoms with Gasteiger partial charge in [-0.25, -0.2) is 0 Å². The van der Waals surface area contributed by atoms with Crippen LogP contribution in [0.25, 0.3) is 0 Å². The summed E-state index contributed by atoms with van der Waals surface area (Å²) in [6, 6.07) is 4.69. The third-order valence-corrected chi connectivity index (χ3v) is 11.6. The van der Waals surface area contributed by atoms with Crippen molar-refractivity contribution in [2.45, 2.75) is 54.2 Å². The number of rotatable bonds is 5. The monoisotopic (exact) mass is 331 g/mol. The summed E-state index contributed by atoms with van der Waals surface area (Å²) in [6.07, 6.45) is 8.93. The summed E-state index contributed by atoms with van der Waals surface area (Å²) in [5.41, 5.74) is 6.44. The molecule has 2 unspecified atom stereocenters. The van der Waals surface area contributed by atoms with Gasteiger partial charge in [-0.05, 0) is 0 Å². The van der Waals surface area contributed by atoms with Crippen molar-refractivity contribution in [2.75, 3.05) is 11.9 Å². The number of allylic oxidation sites excluding steroid dienone is 1. The van der Waals surface area contributed by atoms with Gasteiger partial charge >= 0.3 is 128 Å². The van der Waals surface area contributed by atoms with Gasteiger partial charge in [0.2, 0.25) is 0 Å². The maximum atomic E-state index is 4.01. The number of aryl methyl sites for hydroxylation is 1. The number of hydrogen-bond acceptors (Lipinski definition) is 1. The number of fused-ring (bicyclic) bond motifs is 3. The quantitative estimate of drug-likeness (QED) is 0.614. The molecule has 0 spiro atoms. The Morgan fingerprint density at radius 2 is 2.25 bits per heavy atom. The van der Waals surface area contributed by atoms with Crippen LogP contribution in [0.5, 0.6) is 0 Å². The van der Waals surface area contributed by atoms with E-state index in [0.717, 1.165) is 11.3 Å². The van der Waals surface area contributed by atoms with E-state index in [-0.39, 0.29) is 0 Å². The summed E-state index contributed by atoms with van der Waals surface area (Å²) < 4.78 is 1.01. The summed E-state index contributed by atoms with van der Waals surface area (Å²) in [5, 5.41) is 6.39. The summed E-state index contributed by atoms with van der Waals surface area (Å²) in [7, 11) is 0. The predicted molar refractivity (Wildman–Crippen MR) is 90.3 cm³/mol. The number of hydrogen-bond donors (Lipinski definition) is 1. The summed E-state index contributed by atoms with van der Waals surface area (Å²) >= 11 is -0.714. The van der Waals surface area contributed by atoms with Crippen LogP contribution in [0.4, 0.5) is 5.69 Å². The van der Waals surface area contributed by atoms with Crippen LogP contribution in [-0.2, 0) is 19.3 Å². The van der Waals surface area contributed by atoms with E-state index in [1.165, 1.54) is 48.2 Å². The molecule has 1 aromatic carbocycles. The molecule has 0 aromatic heterocycles. The van der Waals surface area contributed by atoms with Crippen LogP contribution < -0.4 is 5.32 Å². The van der Waals surface area contributed by atoms with Crippen molar-refractivity contribution in [1.29, 1.82) is 0 Å². The molecule has 0 amide bonds. The van der Waals surface area contributed by atoms with Crippen molar-refractivity contribution in [1.82, 2.24) is 0 Å². The Balaban J connectivity index is 1.83. The molecule has 1 aliphatic heterocycles. The zero-order chi connectivity index (χ0) is 13.9. The average molecular weight is 331 g/mol. The van der Waals surface area contributed by atoms with Crippen LogP contribution in [0.3, 0.4) is 0 Å². The van der Waals surface area contributed by atoms with E-state index in [9.17, 15) is 0 Å². The Morgan fingerprint density at radius 3 is 3.05 bits per heavy atom. The predicted octanol–water partition coefficient (Wildman–Crippen LogP) is 4.60. The van der Waals surface area contributed by atoms with Crippen molar-refractivity contribution in [3.8, 4) is 0 Å². The van der Waals surface area contributed by atoms with E-state index in [1.54, 1.807) is 16.7 Å². The molecule has 1 nitrogen and oxygen atoms in total. The molecule has 0 radical (unpaired) electrons. The van der Waals surface area contributed by atoms with Gasteiger partial charge in [0.1, 0.15) is 0 Å². The van der Waals surface area contributed by atoms with E-state index in [4.69, 9.17) is 0 Å². The molecular weight excluding hydrogens is 305 g/mol. The van der Waals surface area contributed by atoms with Crippen molar-refractivity contribution in [3.05, 3.63) is 41.5 Å². The molecule has 1 aliphatic carbocycles. The second-order valence-electron chi connectivity index (χ2n) is 6.09. The van der Waals surface area contributed by atoms with Gasteiger partial charge in [-0.2, -0.15) is 0 Å². The van der Waals surface area contributed by atoms with Gasteiger partial charge in [0.05, 0.1) is 0 Å². The Kier molecular flexibility index (Phi) is 4.56. The molecule has 1 N–H and O–H groups in total. The topological polar surface area (TPSA) is 12.0 Å². The van der Waals surface area contributed by atoms with Gasteiger partial charge in [-0.1, -0.05) is 0 Å². The van der Waals surface area contributed by atoms with Gasteiger partial charge in [0, 0.05) is 0 Å². The molecule has 0 fully saturated rings. The molecular formula is C18H26AsN. The average Bonchev–Trinajstić information content (AvgIpc) is 2.95. The van der Waals surface area contributed by atoms with E-state index in [2.05, 4.69) is 37.0 Å². The van der Waals surface area contributed by atoms with Crippen LogP contribution in [-0.4, -0.2) is 21.2 Å². The molecule has 0 saturated carbocycles. The van der Waals surface area contributed by atoms with E-state index >= 15 is 0 Å². The van der Waals surface area contributed by atoms with E-state index in [1.807, 2.05) is 0 Å². The van der Waals surface area contributed by atoms with Crippen molar-refractivity contribution in [2.24, 2.45) is 0 Å². The fourth-order valence-electron chi connectivity index (χ4n) is 3.85. The molecule has 0 bridgehead atoms. The third kappa shape index (κ3) is 2.70. The number of nitrogens with one attached hydrogen (secondary N) is 1. The molecule has 0 saturated heterocycles. The second kappa shape index (κ2) is 6.39. The third-order valence-electron chi connectivity index (χ3n) is 4.80. The number of anilines is 1. The molecule has 2 aliphatic rings. The van der Waals surface area contributed by atoms with Gasteiger partial charge in [-0.15, -0.1) is 0 Å². The molecule has 1 aromatic rings. The molecule has 2 atom stereocenters. The molecule has 1 heterocycles. The van der Waals surface area contributed by atoms with Crippen molar-refractivity contribution >= 4 is 20.3 Å². The minimum atomic E-state index is -0.714. The fourth-order valence-corrected chi connectivity index (χ4v) is 9.49. The second-order valence-corrected chi connectivity index (χ2v) is 11.8. The van der Waals surface area contributed by atoms with E-state index < -0.39 is 14.7 Å². The van der Waals surface area contributed by atoms with Crippen LogP contribution in [0.2, 0.25) is 15.1 Å². The number of benzene rings is 1. The van der Waals surface area contributed by atoms with Crippen LogP contribution in [0.1, 0.15) is 36.5 Å². The van der Waals surface area contributed by atoms with Gasteiger partial charge in [0.15, 0.2) is 0 Å².